The highest BCUT2D eigenvalue weighted by Gasteiger charge is 2.28. The molecule has 0 saturated heterocycles. The van der Waals surface area contributed by atoms with Crippen molar-refractivity contribution in [2.45, 2.75) is 62.4 Å². The van der Waals surface area contributed by atoms with E-state index in [0.717, 1.165) is 31.2 Å². The third-order valence-corrected chi connectivity index (χ3v) is 7.13. The van der Waals surface area contributed by atoms with Gasteiger partial charge in [-0.05, 0) is 49.9 Å². The number of carbonyl (C=O) groups excluding carboxylic acids is 1. The maximum absolute atomic E-state index is 13.1. The lowest BCUT2D eigenvalue weighted by Gasteiger charge is -2.26. The third kappa shape index (κ3) is 6.69. The molecule has 2 aromatic rings. The molecule has 3 rings (SSSR count). The van der Waals surface area contributed by atoms with Crippen LogP contribution in [0.1, 0.15) is 44.6 Å². The van der Waals surface area contributed by atoms with E-state index < -0.39 is 16.1 Å². The highest BCUT2D eigenvalue weighted by atomic mass is 35.5. The predicted molar refractivity (Wildman–Crippen MR) is 122 cm³/mol. The molecule has 0 heterocycles. The van der Waals surface area contributed by atoms with Gasteiger partial charge in [-0.25, -0.2) is 8.42 Å². The zero-order valence-corrected chi connectivity index (χ0v) is 19.2. The van der Waals surface area contributed by atoms with Gasteiger partial charge in [0, 0.05) is 6.04 Å². The average molecular weight is 465 g/mol. The van der Waals surface area contributed by atoms with E-state index >= 15 is 0 Å². The van der Waals surface area contributed by atoms with Crippen molar-refractivity contribution < 1.29 is 17.9 Å². The number of nitrogens with one attached hydrogen (secondary N) is 2. The molecule has 1 aliphatic carbocycles. The molecule has 1 aliphatic rings. The second-order valence-corrected chi connectivity index (χ2v) is 9.85. The number of sulfonamides is 1. The fourth-order valence-electron chi connectivity index (χ4n) is 3.76. The minimum Gasteiger partial charge on any atom is -0.492 e. The first-order valence-corrected chi connectivity index (χ1v) is 12.5. The summed E-state index contributed by atoms with van der Waals surface area (Å²) in [6.07, 6.45) is 5.42. The van der Waals surface area contributed by atoms with E-state index in [1.165, 1.54) is 24.6 Å². The Hall–Kier alpha value is -2.09. The van der Waals surface area contributed by atoms with Gasteiger partial charge in [0.15, 0.2) is 0 Å². The molecule has 1 unspecified atom stereocenters. The lowest BCUT2D eigenvalue weighted by molar-refractivity contribution is -0.123. The van der Waals surface area contributed by atoms with Crippen molar-refractivity contribution in [2.24, 2.45) is 0 Å². The minimum atomic E-state index is -3.97. The largest absolute Gasteiger partial charge is 0.492 e. The normalized spacial score (nSPS) is 15.9. The molecule has 1 saturated carbocycles. The molecule has 1 atom stereocenters. The van der Waals surface area contributed by atoms with E-state index in [-0.39, 0.29) is 28.3 Å². The quantitative estimate of drug-likeness (QED) is 0.585. The van der Waals surface area contributed by atoms with Crippen LogP contribution >= 0.6 is 11.6 Å². The molecule has 2 N–H and O–H groups in total. The molecule has 0 bridgehead atoms. The third-order valence-electron chi connectivity index (χ3n) is 5.36. The van der Waals surface area contributed by atoms with E-state index in [0.29, 0.717) is 12.4 Å². The van der Waals surface area contributed by atoms with Crippen LogP contribution in [0.2, 0.25) is 5.02 Å². The highest BCUT2D eigenvalue weighted by Crippen LogP contribution is 2.27. The van der Waals surface area contributed by atoms with Crippen molar-refractivity contribution in [2.75, 3.05) is 6.61 Å². The van der Waals surface area contributed by atoms with Gasteiger partial charge in [-0.15, -0.1) is 0 Å². The number of halogens is 1. The Morgan fingerprint density at radius 3 is 2.48 bits per heavy atom. The van der Waals surface area contributed by atoms with Crippen LogP contribution in [0.15, 0.2) is 53.4 Å². The summed E-state index contributed by atoms with van der Waals surface area (Å²) in [6.45, 7) is 2.24. The van der Waals surface area contributed by atoms with Gasteiger partial charge in [-0.3, -0.25) is 4.79 Å². The van der Waals surface area contributed by atoms with Crippen LogP contribution in [0.3, 0.4) is 0 Å². The second kappa shape index (κ2) is 11.0. The lowest BCUT2D eigenvalue weighted by Crippen LogP contribution is -2.50. The highest BCUT2D eigenvalue weighted by molar-refractivity contribution is 7.89. The monoisotopic (exact) mass is 464 g/mol. The van der Waals surface area contributed by atoms with Gasteiger partial charge in [0.25, 0.3) is 0 Å². The van der Waals surface area contributed by atoms with Gasteiger partial charge in [-0.1, -0.05) is 61.2 Å². The topological polar surface area (TPSA) is 84.5 Å². The first kappa shape index (κ1) is 23.6. The first-order chi connectivity index (χ1) is 14.9. The second-order valence-electron chi connectivity index (χ2n) is 7.73. The molecule has 31 heavy (non-hydrogen) atoms. The molecule has 6 nitrogen and oxygen atoms in total. The average Bonchev–Trinajstić information content (AvgIpc) is 2.76. The van der Waals surface area contributed by atoms with Crippen molar-refractivity contribution >= 4 is 27.5 Å². The number of carbonyl (C=O) groups is 1. The van der Waals surface area contributed by atoms with Gasteiger partial charge < -0.3 is 10.1 Å². The van der Waals surface area contributed by atoms with Crippen LogP contribution < -0.4 is 14.8 Å². The van der Waals surface area contributed by atoms with Crippen LogP contribution in [0.25, 0.3) is 0 Å². The molecule has 2 aromatic carbocycles. The summed E-state index contributed by atoms with van der Waals surface area (Å²) in [5.74, 6) is 0.107. The molecule has 8 heteroatoms. The first-order valence-electron chi connectivity index (χ1n) is 10.7. The Balaban J connectivity index is 1.80. The standard InChI is InChI=1S/C23H29ClN2O4S/c1-2-30-22-14-13-19(16-20(22)24)31(28,29)26-21(15-17-9-5-3-6-10-17)23(27)25-18-11-7-4-8-12-18/h3,5-6,9-10,13-14,16,18,21,26H,2,4,7-8,11-12,15H2,1H3,(H,25,27). The molecule has 0 aliphatic heterocycles. The van der Waals surface area contributed by atoms with Gasteiger partial charge >= 0.3 is 0 Å². The van der Waals surface area contributed by atoms with Crippen LogP contribution in [0.5, 0.6) is 5.75 Å². The van der Waals surface area contributed by atoms with E-state index in [2.05, 4.69) is 10.0 Å². The van der Waals surface area contributed by atoms with Gasteiger partial charge in [-0.2, -0.15) is 4.72 Å². The van der Waals surface area contributed by atoms with Crippen molar-refractivity contribution in [1.29, 1.82) is 0 Å². The predicted octanol–water partition coefficient (Wildman–Crippen LogP) is 4.08. The Morgan fingerprint density at radius 2 is 1.84 bits per heavy atom. The smallest absolute Gasteiger partial charge is 0.241 e. The van der Waals surface area contributed by atoms with Crippen LogP contribution in [0.4, 0.5) is 0 Å². The molecule has 168 valence electrons. The fourth-order valence-corrected chi connectivity index (χ4v) is 5.28. The van der Waals surface area contributed by atoms with Crippen LogP contribution in [0, 0.1) is 0 Å². The van der Waals surface area contributed by atoms with Crippen molar-refractivity contribution in [3.63, 3.8) is 0 Å². The Bertz CT molecular complexity index is 976. The summed E-state index contributed by atoms with van der Waals surface area (Å²) in [7, 11) is -3.97. The Morgan fingerprint density at radius 1 is 1.13 bits per heavy atom. The number of rotatable bonds is 9. The van der Waals surface area contributed by atoms with Gasteiger partial charge in [0.1, 0.15) is 11.8 Å². The van der Waals surface area contributed by atoms with Gasteiger partial charge in [0.2, 0.25) is 15.9 Å². The molecule has 0 radical (unpaired) electrons. The maximum Gasteiger partial charge on any atom is 0.241 e. The van der Waals surface area contributed by atoms with Gasteiger partial charge in [0.05, 0.1) is 16.5 Å². The van der Waals surface area contributed by atoms with E-state index in [1.54, 1.807) is 0 Å². The molecule has 0 aromatic heterocycles. The SMILES string of the molecule is CCOc1ccc(S(=O)(=O)NC(Cc2ccccc2)C(=O)NC2CCCCC2)cc1Cl. The number of hydrogen-bond donors (Lipinski definition) is 2. The summed E-state index contributed by atoms with van der Waals surface area (Å²) in [4.78, 5) is 13.0. The molecule has 0 spiro atoms. The maximum atomic E-state index is 13.1. The van der Waals surface area contributed by atoms with Crippen LogP contribution in [-0.2, 0) is 21.2 Å². The zero-order valence-electron chi connectivity index (χ0n) is 17.6. The summed E-state index contributed by atoms with van der Waals surface area (Å²) in [6, 6.07) is 12.8. The van der Waals surface area contributed by atoms with E-state index in [4.69, 9.17) is 16.3 Å². The van der Waals surface area contributed by atoms with E-state index in [9.17, 15) is 13.2 Å². The molecular formula is C23H29ClN2O4S. The summed E-state index contributed by atoms with van der Waals surface area (Å²) >= 11 is 6.18. The Labute approximate surface area is 189 Å². The fraction of sp³-hybridized carbons (Fsp3) is 0.435. The Kier molecular flexibility index (Phi) is 8.35. The van der Waals surface area contributed by atoms with Crippen molar-refractivity contribution in [3.05, 3.63) is 59.1 Å². The lowest BCUT2D eigenvalue weighted by atomic mass is 9.95. The summed E-state index contributed by atoms with van der Waals surface area (Å²) in [5, 5.41) is 3.24. The summed E-state index contributed by atoms with van der Waals surface area (Å²) < 4.78 is 34.1. The zero-order chi connectivity index (χ0) is 22.3. The number of ether oxygens (including phenoxy) is 1. The number of hydrogen-bond acceptors (Lipinski definition) is 4. The number of benzene rings is 2. The van der Waals surface area contributed by atoms with Crippen molar-refractivity contribution in [1.82, 2.24) is 10.0 Å². The molecule has 1 amide bonds. The van der Waals surface area contributed by atoms with Crippen molar-refractivity contribution in [3.8, 4) is 5.75 Å². The molecular weight excluding hydrogens is 436 g/mol. The minimum absolute atomic E-state index is 0.00974. The van der Waals surface area contributed by atoms with E-state index in [1.807, 2.05) is 37.3 Å². The van der Waals surface area contributed by atoms with Crippen LogP contribution in [-0.4, -0.2) is 33.0 Å². The number of amides is 1. The molecule has 1 fully saturated rings. The summed E-state index contributed by atoms with van der Waals surface area (Å²) in [5.41, 5.74) is 0.874.